The number of rotatable bonds is 12. The van der Waals surface area contributed by atoms with Crippen molar-refractivity contribution in [2.75, 3.05) is 39.5 Å². The van der Waals surface area contributed by atoms with Crippen molar-refractivity contribution in [1.82, 2.24) is 19.6 Å². The summed E-state index contributed by atoms with van der Waals surface area (Å²) in [6, 6.07) is 59.9. The van der Waals surface area contributed by atoms with Crippen molar-refractivity contribution in [3.63, 3.8) is 0 Å². The van der Waals surface area contributed by atoms with Crippen LogP contribution in [0.5, 0.6) is 0 Å². The van der Waals surface area contributed by atoms with E-state index in [4.69, 9.17) is 0 Å². The van der Waals surface area contributed by atoms with Gasteiger partial charge in [0.15, 0.2) is 0 Å². The van der Waals surface area contributed by atoms with Gasteiger partial charge in [-0.25, -0.2) is 0 Å². The van der Waals surface area contributed by atoms with Crippen molar-refractivity contribution in [1.29, 1.82) is 0 Å². The van der Waals surface area contributed by atoms with Crippen molar-refractivity contribution in [2.24, 2.45) is 0 Å². The van der Waals surface area contributed by atoms with Crippen LogP contribution in [-0.4, -0.2) is 70.7 Å². The standard InChI is InChI=1S/C56H48N4O2/c61-55-51-52(58(34-30-44-22-10-18-40-14-2-6-26-48(40)44)37-57(51)33-29-43-21-9-17-39-13-1-5-25-47(39)43)56(62)54-53(55)59(35-31-45-23-11-19-41-15-3-7-27-49(41)45)38-60(54)36-32-46-24-12-20-42-16-4-8-28-50(42)46/h1-28H,29-38H2. The van der Waals surface area contributed by atoms with E-state index in [1.807, 2.05) is 0 Å². The quantitative estimate of drug-likeness (QED) is 0.115. The largest absolute Gasteiger partial charge is 0.348 e. The molecule has 0 amide bonds. The molecule has 2 heterocycles. The van der Waals surface area contributed by atoms with Crippen molar-refractivity contribution in [3.8, 4) is 0 Å². The molecular weight excluding hydrogens is 761 g/mol. The molecule has 0 N–H and O–H groups in total. The third kappa shape index (κ3) is 6.76. The molecule has 8 aromatic rings. The van der Waals surface area contributed by atoms with Gasteiger partial charge < -0.3 is 19.6 Å². The summed E-state index contributed by atoms with van der Waals surface area (Å²) in [6.45, 7) is 3.48. The van der Waals surface area contributed by atoms with E-state index in [1.54, 1.807) is 0 Å². The molecule has 0 saturated carbocycles. The molecule has 6 heteroatoms. The summed E-state index contributed by atoms with van der Waals surface area (Å²) in [6.07, 6.45) is 3.02. The Morgan fingerprint density at radius 2 is 0.516 bits per heavy atom. The molecule has 8 aromatic carbocycles. The number of benzene rings is 8. The highest BCUT2D eigenvalue weighted by atomic mass is 16.1. The lowest BCUT2D eigenvalue weighted by Crippen LogP contribution is -2.35. The zero-order valence-electron chi connectivity index (χ0n) is 34.8. The van der Waals surface area contributed by atoms with Gasteiger partial charge in [-0.15, -0.1) is 0 Å². The molecule has 11 rings (SSSR count). The van der Waals surface area contributed by atoms with Gasteiger partial charge in [0.25, 0.3) is 0 Å². The van der Waals surface area contributed by atoms with E-state index >= 15 is 9.59 Å². The summed E-state index contributed by atoms with van der Waals surface area (Å²) in [5, 5.41) is 9.73. The maximum atomic E-state index is 15.5. The van der Waals surface area contributed by atoms with Crippen LogP contribution in [0.25, 0.3) is 43.1 Å². The summed E-state index contributed by atoms with van der Waals surface area (Å²) < 4.78 is 0. The molecule has 0 aromatic heterocycles. The predicted octanol–water partition coefficient (Wildman–Crippen LogP) is 10.3. The zero-order valence-corrected chi connectivity index (χ0v) is 34.8. The van der Waals surface area contributed by atoms with Gasteiger partial charge in [-0.05, 0) is 91.0 Å². The van der Waals surface area contributed by atoms with Crippen molar-refractivity contribution >= 4 is 54.7 Å². The maximum absolute atomic E-state index is 15.5. The molecule has 0 fully saturated rings. The normalized spacial score (nSPS) is 15.3. The van der Waals surface area contributed by atoms with Gasteiger partial charge in [-0.3, -0.25) is 9.59 Å². The molecule has 62 heavy (non-hydrogen) atoms. The van der Waals surface area contributed by atoms with Gasteiger partial charge >= 0.3 is 0 Å². The average Bonchev–Trinajstić information content (AvgIpc) is 3.89. The SMILES string of the molecule is O=C1C2=C(C(=O)C3=C1N(CCc1cccc4ccccc14)CN3CCc1cccc3ccccc13)N(CCc1cccc3ccccc13)CN2CCc1cccc2ccccc12. The van der Waals surface area contributed by atoms with Crippen LogP contribution in [0.1, 0.15) is 22.3 Å². The van der Waals surface area contributed by atoms with Gasteiger partial charge in [0.05, 0.1) is 13.3 Å². The Bertz CT molecular complexity index is 2690. The molecule has 0 unspecified atom stereocenters. The second-order valence-corrected chi connectivity index (χ2v) is 16.9. The van der Waals surface area contributed by atoms with Crippen LogP contribution in [-0.2, 0) is 35.3 Å². The molecule has 304 valence electrons. The Kier molecular flexibility index (Phi) is 9.76. The molecule has 0 atom stereocenters. The first-order chi connectivity index (χ1) is 30.6. The van der Waals surface area contributed by atoms with E-state index < -0.39 is 0 Å². The number of carbonyl (C=O) groups excluding carboxylic acids is 2. The molecule has 0 saturated heterocycles. The van der Waals surface area contributed by atoms with E-state index in [-0.39, 0.29) is 11.6 Å². The number of hydrogen-bond donors (Lipinski definition) is 0. The zero-order chi connectivity index (χ0) is 41.6. The topological polar surface area (TPSA) is 47.1 Å². The summed E-state index contributed by atoms with van der Waals surface area (Å²) in [5.41, 5.74) is 7.18. The summed E-state index contributed by atoms with van der Waals surface area (Å²) in [5.74, 6) is -0.0727. The average molecular weight is 809 g/mol. The van der Waals surface area contributed by atoms with E-state index in [0.717, 1.165) is 25.7 Å². The third-order valence-electron chi connectivity index (χ3n) is 13.4. The number of hydrogen-bond acceptors (Lipinski definition) is 6. The first-order valence-corrected chi connectivity index (χ1v) is 22.0. The lowest BCUT2D eigenvalue weighted by Gasteiger charge is -2.26. The Balaban J connectivity index is 0.954. The van der Waals surface area contributed by atoms with E-state index in [2.05, 4.69) is 189 Å². The molecular formula is C56H48N4O2. The van der Waals surface area contributed by atoms with Gasteiger partial charge in [-0.1, -0.05) is 170 Å². The minimum absolute atomic E-state index is 0.0363. The van der Waals surface area contributed by atoms with Crippen LogP contribution >= 0.6 is 0 Å². The van der Waals surface area contributed by atoms with E-state index in [9.17, 15) is 0 Å². The Labute approximate surface area is 362 Å². The fourth-order valence-electron chi connectivity index (χ4n) is 10.3. The van der Waals surface area contributed by atoms with Crippen LogP contribution in [0.15, 0.2) is 193 Å². The van der Waals surface area contributed by atoms with Gasteiger partial charge in [0, 0.05) is 26.2 Å². The number of nitrogens with zero attached hydrogens (tertiary/aromatic N) is 4. The van der Waals surface area contributed by atoms with Gasteiger partial charge in [-0.2, -0.15) is 0 Å². The van der Waals surface area contributed by atoms with Crippen LogP contribution in [0.2, 0.25) is 0 Å². The first-order valence-electron chi connectivity index (χ1n) is 22.0. The minimum Gasteiger partial charge on any atom is -0.348 e. The van der Waals surface area contributed by atoms with Crippen LogP contribution in [0, 0.1) is 0 Å². The molecule has 0 bridgehead atoms. The number of carbonyl (C=O) groups is 2. The highest BCUT2D eigenvalue weighted by Gasteiger charge is 2.49. The highest BCUT2D eigenvalue weighted by molar-refractivity contribution is 6.25. The predicted molar refractivity (Wildman–Crippen MR) is 251 cm³/mol. The Morgan fingerprint density at radius 3 is 0.774 bits per heavy atom. The second-order valence-electron chi connectivity index (χ2n) is 16.9. The van der Waals surface area contributed by atoms with Gasteiger partial charge in [0.1, 0.15) is 22.8 Å². The fraction of sp³-hybridized carbons (Fsp3) is 0.179. The molecule has 0 spiro atoms. The molecule has 0 radical (unpaired) electrons. The minimum atomic E-state index is -0.0363. The number of ketones is 2. The highest BCUT2D eigenvalue weighted by Crippen LogP contribution is 2.40. The maximum Gasteiger partial charge on any atom is 0.229 e. The fourth-order valence-corrected chi connectivity index (χ4v) is 10.3. The van der Waals surface area contributed by atoms with Crippen molar-refractivity contribution in [2.45, 2.75) is 25.7 Å². The monoisotopic (exact) mass is 808 g/mol. The van der Waals surface area contributed by atoms with E-state index in [1.165, 1.54) is 65.3 Å². The molecule has 6 nitrogen and oxygen atoms in total. The summed E-state index contributed by atoms with van der Waals surface area (Å²) >= 11 is 0. The molecule has 2 aliphatic heterocycles. The van der Waals surface area contributed by atoms with Crippen LogP contribution < -0.4 is 0 Å². The lowest BCUT2D eigenvalue weighted by atomic mass is 9.96. The van der Waals surface area contributed by atoms with Crippen LogP contribution in [0.4, 0.5) is 0 Å². The van der Waals surface area contributed by atoms with Crippen LogP contribution in [0.3, 0.4) is 0 Å². The van der Waals surface area contributed by atoms with E-state index in [0.29, 0.717) is 62.3 Å². The van der Waals surface area contributed by atoms with Crippen molar-refractivity contribution < 1.29 is 9.59 Å². The Hall–Kier alpha value is -7.18. The second kappa shape index (κ2) is 16.0. The number of fused-ring (bicyclic) bond motifs is 4. The molecule has 3 aliphatic rings. The Morgan fingerprint density at radius 1 is 0.290 bits per heavy atom. The third-order valence-corrected chi connectivity index (χ3v) is 13.4. The smallest absolute Gasteiger partial charge is 0.229 e. The van der Waals surface area contributed by atoms with Crippen molar-refractivity contribution in [3.05, 3.63) is 215 Å². The lowest BCUT2D eigenvalue weighted by molar-refractivity contribution is -0.118. The summed E-state index contributed by atoms with van der Waals surface area (Å²) in [4.78, 5) is 39.8. The summed E-state index contributed by atoms with van der Waals surface area (Å²) in [7, 11) is 0. The van der Waals surface area contributed by atoms with Gasteiger partial charge in [0.2, 0.25) is 11.6 Å². The first kappa shape index (κ1) is 37.8. The molecule has 1 aliphatic carbocycles. The number of Topliss-reactive ketones (excluding diaryl/α,β-unsaturated/α-hetero) is 2.